The number of ether oxygens (including phenoxy) is 1. The van der Waals surface area contributed by atoms with E-state index in [1.54, 1.807) is 0 Å². The van der Waals surface area contributed by atoms with Crippen molar-refractivity contribution in [2.24, 2.45) is 28.6 Å². The van der Waals surface area contributed by atoms with E-state index in [2.05, 4.69) is 20.8 Å². The van der Waals surface area contributed by atoms with Crippen LogP contribution in [0.4, 0.5) is 0 Å². The zero-order chi connectivity index (χ0) is 11.4. The Bertz CT molecular complexity index is 283. The van der Waals surface area contributed by atoms with Gasteiger partial charge in [0.2, 0.25) is 0 Å². The van der Waals surface area contributed by atoms with Crippen molar-refractivity contribution < 1.29 is 4.74 Å². The summed E-state index contributed by atoms with van der Waals surface area (Å²) in [6.45, 7) is 9.55. The second kappa shape index (κ2) is 3.48. The van der Waals surface area contributed by atoms with Gasteiger partial charge in [-0.3, -0.25) is 0 Å². The van der Waals surface area contributed by atoms with E-state index in [0.717, 1.165) is 31.0 Å². The molecule has 0 spiro atoms. The second-order valence-corrected chi connectivity index (χ2v) is 7.55. The molecule has 0 aromatic heterocycles. The average Bonchev–Trinajstić information content (AvgIpc) is 2.55. The lowest BCUT2D eigenvalue weighted by atomic mass is 9.52. The zero-order valence-corrected chi connectivity index (χ0v) is 11.1. The summed E-state index contributed by atoms with van der Waals surface area (Å²) < 4.78 is 5.77. The van der Waals surface area contributed by atoms with Crippen molar-refractivity contribution in [1.29, 1.82) is 0 Å². The molecule has 0 aromatic rings. The van der Waals surface area contributed by atoms with Crippen LogP contribution in [0.25, 0.3) is 0 Å². The van der Waals surface area contributed by atoms with Crippen molar-refractivity contribution in [2.45, 2.75) is 52.9 Å². The van der Waals surface area contributed by atoms with E-state index < -0.39 is 0 Å². The van der Waals surface area contributed by atoms with Gasteiger partial charge in [-0.15, -0.1) is 0 Å². The van der Waals surface area contributed by atoms with Crippen molar-refractivity contribution in [2.75, 3.05) is 13.2 Å². The first kappa shape index (κ1) is 11.1. The van der Waals surface area contributed by atoms with Crippen molar-refractivity contribution in [3.8, 4) is 0 Å². The molecule has 3 rings (SSSR count). The molecule has 0 aromatic carbocycles. The molecule has 2 aliphatic carbocycles. The van der Waals surface area contributed by atoms with E-state index in [1.165, 1.54) is 32.1 Å². The van der Waals surface area contributed by atoms with Gasteiger partial charge >= 0.3 is 0 Å². The zero-order valence-electron chi connectivity index (χ0n) is 11.1. The van der Waals surface area contributed by atoms with E-state index in [-0.39, 0.29) is 0 Å². The minimum atomic E-state index is 0.522. The molecule has 3 fully saturated rings. The number of fused-ring (bicyclic) bond motifs is 2. The van der Waals surface area contributed by atoms with Crippen LogP contribution in [0.1, 0.15) is 52.9 Å². The summed E-state index contributed by atoms with van der Waals surface area (Å²) >= 11 is 0. The third kappa shape index (κ3) is 1.54. The molecule has 3 aliphatic rings. The first-order valence-electron chi connectivity index (χ1n) is 7.09. The van der Waals surface area contributed by atoms with Gasteiger partial charge in [0.25, 0.3) is 0 Å². The molecule has 4 unspecified atom stereocenters. The van der Waals surface area contributed by atoms with E-state index in [9.17, 15) is 0 Å². The van der Waals surface area contributed by atoms with Crippen LogP contribution in [-0.4, -0.2) is 13.2 Å². The molecular formula is C15H26O. The molecule has 1 heterocycles. The van der Waals surface area contributed by atoms with Gasteiger partial charge in [0, 0.05) is 0 Å². The molecule has 0 radical (unpaired) electrons. The van der Waals surface area contributed by atoms with Gasteiger partial charge in [-0.2, -0.15) is 0 Å². The molecule has 0 N–H and O–H groups in total. The highest BCUT2D eigenvalue weighted by Crippen LogP contribution is 2.58. The van der Waals surface area contributed by atoms with Crippen molar-refractivity contribution in [1.82, 2.24) is 0 Å². The maximum atomic E-state index is 5.77. The number of rotatable bonds is 0. The molecule has 1 heteroatoms. The van der Waals surface area contributed by atoms with E-state index in [0.29, 0.717) is 10.8 Å². The van der Waals surface area contributed by atoms with Gasteiger partial charge in [-0.1, -0.05) is 33.6 Å². The van der Waals surface area contributed by atoms with Gasteiger partial charge < -0.3 is 4.74 Å². The fraction of sp³-hybridized carbons (Fsp3) is 1.00. The smallest absolute Gasteiger partial charge is 0.0523 e. The van der Waals surface area contributed by atoms with Crippen LogP contribution in [0.15, 0.2) is 0 Å². The molecule has 0 amide bonds. The van der Waals surface area contributed by atoms with Gasteiger partial charge in [-0.05, 0) is 47.8 Å². The van der Waals surface area contributed by atoms with E-state index >= 15 is 0 Å². The summed E-state index contributed by atoms with van der Waals surface area (Å²) in [5.41, 5.74) is 1.11. The standard InChI is InChI=1S/C15H26O/c1-14(2)6-4-5-11-8-15(3)10-16-9-12(15)7-13(11)14/h11-13H,4-10H2,1-3H3. The molecule has 16 heavy (non-hydrogen) atoms. The Hall–Kier alpha value is -0.0400. The fourth-order valence-corrected chi connectivity index (χ4v) is 4.84. The molecule has 4 atom stereocenters. The Balaban J connectivity index is 1.84. The summed E-state index contributed by atoms with van der Waals surface area (Å²) in [5.74, 6) is 2.82. The highest BCUT2D eigenvalue weighted by atomic mass is 16.5. The lowest BCUT2D eigenvalue weighted by Gasteiger charge is -2.52. The van der Waals surface area contributed by atoms with Crippen molar-refractivity contribution in [3.05, 3.63) is 0 Å². The van der Waals surface area contributed by atoms with Gasteiger partial charge in [-0.25, -0.2) is 0 Å². The molecule has 1 nitrogen and oxygen atoms in total. The largest absolute Gasteiger partial charge is 0.381 e. The quantitative estimate of drug-likeness (QED) is 0.604. The summed E-state index contributed by atoms with van der Waals surface area (Å²) in [5, 5.41) is 0. The maximum absolute atomic E-state index is 5.77. The number of hydrogen-bond donors (Lipinski definition) is 0. The van der Waals surface area contributed by atoms with Crippen LogP contribution >= 0.6 is 0 Å². The van der Waals surface area contributed by atoms with Gasteiger partial charge in [0.05, 0.1) is 13.2 Å². The molecule has 0 bridgehead atoms. The van der Waals surface area contributed by atoms with Crippen LogP contribution in [0.5, 0.6) is 0 Å². The lowest BCUT2D eigenvalue weighted by molar-refractivity contribution is -0.0281. The summed E-state index contributed by atoms with van der Waals surface area (Å²) in [6.07, 6.45) is 7.25. The van der Waals surface area contributed by atoms with Crippen LogP contribution in [-0.2, 0) is 4.74 Å². The van der Waals surface area contributed by atoms with Gasteiger partial charge in [0.1, 0.15) is 0 Å². The van der Waals surface area contributed by atoms with Crippen molar-refractivity contribution in [3.63, 3.8) is 0 Å². The molecule has 1 saturated heterocycles. The SMILES string of the molecule is CC1(C)CCCC2CC3(C)COCC3CC21. The van der Waals surface area contributed by atoms with Crippen LogP contribution in [0, 0.1) is 28.6 Å². The molecule has 2 saturated carbocycles. The van der Waals surface area contributed by atoms with E-state index in [1.807, 2.05) is 0 Å². The monoisotopic (exact) mass is 222 g/mol. The lowest BCUT2D eigenvalue weighted by Crippen LogP contribution is -2.45. The fourth-order valence-electron chi connectivity index (χ4n) is 4.84. The Morgan fingerprint density at radius 1 is 1.19 bits per heavy atom. The summed E-state index contributed by atoms with van der Waals surface area (Å²) in [4.78, 5) is 0. The highest BCUT2D eigenvalue weighted by Gasteiger charge is 2.52. The Morgan fingerprint density at radius 2 is 2.00 bits per heavy atom. The molecular weight excluding hydrogens is 196 g/mol. The minimum Gasteiger partial charge on any atom is -0.381 e. The summed E-state index contributed by atoms with van der Waals surface area (Å²) in [6, 6.07) is 0. The maximum Gasteiger partial charge on any atom is 0.0523 e. The molecule has 1 aliphatic heterocycles. The first-order chi connectivity index (χ1) is 7.51. The molecule has 92 valence electrons. The Morgan fingerprint density at radius 3 is 2.81 bits per heavy atom. The predicted octanol–water partition coefficient (Wildman–Crippen LogP) is 3.88. The number of hydrogen-bond acceptors (Lipinski definition) is 1. The third-order valence-corrected chi connectivity index (χ3v) is 5.97. The third-order valence-electron chi connectivity index (χ3n) is 5.97. The van der Waals surface area contributed by atoms with Crippen LogP contribution in [0.2, 0.25) is 0 Å². The van der Waals surface area contributed by atoms with Crippen LogP contribution in [0.3, 0.4) is 0 Å². The predicted molar refractivity (Wildman–Crippen MR) is 66.3 cm³/mol. The summed E-state index contributed by atoms with van der Waals surface area (Å²) in [7, 11) is 0. The van der Waals surface area contributed by atoms with Crippen LogP contribution < -0.4 is 0 Å². The van der Waals surface area contributed by atoms with Crippen molar-refractivity contribution >= 4 is 0 Å². The average molecular weight is 222 g/mol. The second-order valence-electron chi connectivity index (χ2n) is 7.55. The first-order valence-corrected chi connectivity index (χ1v) is 7.09. The highest BCUT2D eigenvalue weighted by molar-refractivity contribution is 5.01. The van der Waals surface area contributed by atoms with E-state index in [4.69, 9.17) is 4.74 Å². The Labute approximate surface area is 99.9 Å². The van der Waals surface area contributed by atoms with Gasteiger partial charge in [0.15, 0.2) is 0 Å². The minimum absolute atomic E-state index is 0.522. The normalized spacial score (nSPS) is 50.8. The Kier molecular flexibility index (Phi) is 2.41. The topological polar surface area (TPSA) is 9.23 Å².